The van der Waals surface area contributed by atoms with E-state index in [2.05, 4.69) is 25.8 Å². The Labute approximate surface area is 100 Å². The first-order valence-corrected chi connectivity index (χ1v) is 6.71. The van der Waals surface area contributed by atoms with Crippen molar-refractivity contribution in [3.05, 3.63) is 0 Å². The highest BCUT2D eigenvalue weighted by atomic mass is 16.5. The molecule has 2 N–H and O–H groups in total. The molecule has 0 aliphatic carbocycles. The molecule has 1 aliphatic rings. The van der Waals surface area contributed by atoms with Crippen LogP contribution < -0.4 is 5.73 Å². The molecule has 1 heterocycles. The van der Waals surface area contributed by atoms with E-state index in [-0.39, 0.29) is 5.54 Å². The topological polar surface area (TPSA) is 38.5 Å². The van der Waals surface area contributed by atoms with Crippen LogP contribution in [0.15, 0.2) is 0 Å². The molecule has 0 bridgehead atoms. The fourth-order valence-corrected chi connectivity index (χ4v) is 2.92. The van der Waals surface area contributed by atoms with E-state index < -0.39 is 0 Å². The average Bonchev–Trinajstić information content (AvgIpc) is 2.36. The molecule has 3 heteroatoms. The van der Waals surface area contributed by atoms with Crippen LogP contribution in [0.3, 0.4) is 0 Å². The molecule has 0 aromatic carbocycles. The Balaban J connectivity index is 2.67. The van der Waals surface area contributed by atoms with Crippen molar-refractivity contribution < 1.29 is 4.74 Å². The van der Waals surface area contributed by atoms with Gasteiger partial charge in [0, 0.05) is 31.3 Å². The number of rotatable bonds is 6. The Kier molecular flexibility index (Phi) is 5.73. The molecule has 0 aromatic heterocycles. The van der Waals surface area contributed by atoms with Crippen LogP contribution in [0.25, 0.3) is 0 Å². The van der Waals surface area contributed by atoms with E-state index in [9.17, 15) is 0 Å². The maximum Gasteiger partial charge on any atom is 0.0480 e. The first kappa shape index (κ1) is 13.9. The van der Waals surface area contributed by atoms with Crippen LogP contribution in [0.1, 0.15) is 46.0 Å². The molecule has 1 atom stereocenters. The number of nitrogens with zero attached hydrogens (tertiary/aromatic N) is 1. The molecule has 1 aliphatic heterocycles. The number of hydrogen-bond acceptors (Lipinski definition) is 3. The van der Waals surface area contributed by atoms with E-state index in [0.717, 1.165) is 39.0 Å². The van der Waals surface area contributed by atoms with Gasteiger partial charge in [0.05, 0.1) is 0 Å². The molecule has 1 rings (SSSR count). The van der Waals surface area contributed by atoms with Crippen LogP contribution in [0.2, 0.25) is 0 Å². The SMILES string of the molecule is CCCC(CC)(CN)N(C)C1CCOCC1. The van der Waals surface area contributed by atoms with Crippen molar-refractivity contribution in [2.45, 2.75) is 57.5 Å². The Morgan fingerprint density at radius 2 is 1.94 bits per heavy atom. The van der Waals surface area contributed by atoms with Crippen molar-refractivity contribution in [2.24, 2.45) is 5.73 Å². The predicted octanol–water partition coefficient (Wildman–Crippen LogP) is 2.00. The third-order valence-corrected chi connectivity index (χ3v) is 4.24. The summed E-state index contributed by atoms with van der Waals surface area (Å²) in [6.07, 6.45) is 5.86. The normalized spacial score (nSPS) is 22.3. The Hall–Kier alpha value is -0.120. The summed E-state index contributed by atoms with van der Waals surface area (Å²) >= 11 is 0. The molecule has 1 unspecified atom stereocenters. The van der Waals surface area contributed by atoms with Gasteiger partial charge in [-0.05, 0) is 32.7 Å². The van der Waals surface area contributed by atoms with Crippen molar-refractivity contribution in [3.63, 3.8) is 0 Å². The zero-order valence-electron chi connectivity index (χ0n) is 11.2. The molecule has 0 aromatic rings. The van der Waals surface area contributed by atoms with Crippen molar-refractivity contribution >= 4 is 0 Å². The summed E-state index contributed by atoms with van der Waals surface area (Å²) in [4.78, 5) is 2.54. The Morgan fingerprint density at radius 1 is 1.31 bits per heavy atom. The number of likely N-dealkylation sites (N-methyl/N-ethyl adjacent to an activating group) is 1. The lowest BCUT2D eigenvalue weighted by Crippen LogP contribution is -2.56. The second-order valence-corrected chi connectivity index (χ2v) is 4.99. The smallest absolute Gasteiger partial charge is 0.0480 e. The zero-order chi connectivity index (χ0) is 12.0. The van der Waals surface area contributed by atoms with Gasteiger partial charge in [-0.15, -0.1) is 0 Å². The third-order valence-electron chi connectivity index (χ3n) is 4.24. The van der Waals surface area contributed by atoms with E-state index in [1.54, 1.807) is 0 Å². The maximum atomic E-state index is 6.04. The van der Waals surface area contributed by atoms with Crippen molar-refractivity contribution in [2.75, 3.05) is 26.8 Å². The third kappa shape index (κ3) is 2.96. The summed E-state index contributed by atoms with van der Waals surface area (Å²) in [5, 5.41) is 0. The average molecular weight is 228 g/mol. The van der Waals surface area contributed by atoms with E-state index in [1.807, 2.05) is 0 Å². The summed E-state index contributed by atoms with van der Waals surface area (Å²) < 4.78 is 5.43. The highest BCUT2D eigenvalue weighted by Crippen LogP contribution is 2.28. The molecule has 1 fully saturated rings. The molecule has 0 radical (unpaired) electrons. The van der Waals surface area contributed by atoms with Gasteiger partial charge in [0.1, 0.15) is 0 Å². The zero-order valence-corrected chi connectivity index (χ0v) is 11.2. The quantitative estimate of drug-likeness (QED) is 0.756. The maximum absolute atomic E-state index is 6.04. The van der Waals surface area contributed by atoms with Gasteiger partial charge in [0.15, 0.2) is 0 Å². The summed E-state index contributed by atoms with van der Waals surface area (Å²) in [6.45, 7) is 7.10. The van der Waals surface area contributed by atoms with Gasteiger partial charge in [-0.1, -0.05) is 20.3 Å². The number of nitrogens with two attached hydrogens (primary N) is 1. The Bertz CT molecular complexity index is 186. The van der Waals surface area contributed by atoms with E-state index in [0.29, 0.717) is 6.04 Å². The van der Waals surface area contributed by atoms with Crippen molar-refractivity contribution in [1.29, 1.82) is 0 Å². The van der Waals surface area contributed by atoms with Crippen molar-refractivity contribution in [3.8, 4) is 0 Å². The largest absolute Gasteiger partial charge is 0.381 e. The van der Waals surface area contributed by atoms with Gasteiger partial charge < -0.3 is 10.5 Å². The van der Waals surface area contributed by atoms with Crippen molar-refractivity contribution in [1.82, 2.24) is 4.90 Å². The molecule has 1 saturated heterocycles. The van der Waals surface area contributed by atoms with Gasteiger partial charge in [-0.3, -0.25) is 4.90 Å². The van der Waals surface area contributed by atoms with Crippen LogP contribution in [0.4, 0.5) is 0 Å². The van der Waals surface area contributed by atoms with Crippen LogP contribution in [-0.4, -0.2) is 43.3 Å². The van der Waals surface area contributed by atoms with E-state index in [1.165, 1.54) is 12.8 Å². The van der Waals surface area contributed by atoms with Gasteiger partial charge in [0.2, 0.25) is 0 Å². The molecule has 0 saturated carbocycles. The minimum absolute atomic E-state index is 0.205. The highest BCUT2D eigenvalue weighted by Gasteiger charge is 2.35. The molecular formula is C13H28N2O. The minimum atomic E-state index is 0.205. The molecular weight excluding hydrogens is 200 g/mol. The fraction of sp³-hybridized carbons (Fsp3) is 1.00. The predicted molar refractivity (Wildman–Crippen MR) is 68.6 cm³/mol. The molecule has 0 spiro atoms. The van der Waals surface area contributed by atoms with E-state index >= 15 is 0 Å². The van der Waals surface area contributed by atoms with Gasteiger partial charge >= 0.3 is 0 Å². The van der Waals surface area contributed by atoms with Gasteiger partial charge in [-0.2, -0.15) is 0 Å². The monoisotopic (exact) mass is 228 g/mol. The molecule has 0 amide bonds. The number of ether oxygens (including phenoxy) is 1. The lowest BCUT2D eigenvalue weighted by molar-refractivity contribution is -0.00702. The standard InChI is InChI=1S/C13H28N2O/c1-4-8-13(5-2,11-14)15(3)12-6-9-16-10-7-12/h12H,4-11,14H2,1-3H3. The van der Waals surface area contributed by atoms with Gasteiger partial charge in [0.25, 0.3) is 0 Å². The van der Waals surface area contributed by atoms with Crippen LogP contribution in [0.5, 0.6) is 0 Å². The lowest BCUT2D eigenvalue weighted by atomic mass is 9.86. The first-order chi connectivity index (χ1) is 7.70. The highest BCUT2D eigenvalue weighted by molar-refractivity contribution is 4.92. The summed E-state index contributed by atoms with van der Waals surface area (Å²) in [7, 11) is 2.25. The fourth-order valence-electron chi connectivity index (χ4n) is 2.92. The summed E-state index contributed by atoms with van der Waals surface area (Å²) in [6, 6.07) is 0.656. The van der Waals surface area contributed by atoms with Crippen LogP contribution in [0, 0.1) is 0 Å². The minimum Gasteiger partial charge on any atom is -0.381 e. The second-order valence-electron chi connectivity index (χ2n) is 4.99. The van der Waals surface area contributed by atoms with E-state index in [4.69, 9.17) is 10.5 Å². The summed E-state index contributed by atoms with van der Waals surface area (Å²) in [5.74, 6) is 0. The lowest BCUT2D eigenvalue weighted by Gasteiger charge is -2.46. The molecule has 96 valence electrons. The number of hydrogen-bond donors (Lipinski definition) is 1. The van der Waals surface area contributed by atoms with Crippen LogP contribution in [-0.2, 0) is 4.74 Å². The first-order valence-electron chi connectivity index (χ1n) is 6.71. The van der Waals surface area contributed by atoms with Gasteiger partial charge in [-0.25, -0.2) is 0 Å². The molecule has 16 heavy (non-hydrogen) atoms. The summed E-state index contributed by atoms with van der Waals surface area (Å²) in [5.41, 5.74) is 6.24. The second kappa shape index (κ2) is 6.58. The molecule has 3 nitrogen and oxygen atoms in total. The Morgan fingerprint density at radius 3 is 2.38 bits per heavy atom. The van der Waals surface area contributed by atoms with Crippen LogP contribution >= 0.6 is 0 Å².